The average molecular weight is 267 g/mol. The highest BCUT2D eigenvalue weighted by Crippen LogP contribution is 2.44. The van der Waals surface area contributed by atoms with Gasteiger partial charge in [0.15, 0.2) is 0 Å². The zero-order valence-electron chi connectivity index (χ0n) is 11.5. The molecule has 2 aromatic rings. The van der Waals surface area contributed by atoms with Crippen molar-refractivity contribution >= 4 is 6.08 Å². The molecule has 0 N–H and O–H groups in total. The quantitative estimate of drug-likeness (QED) is 0.633. The highest BCUT2D eigenvalue weighted by Gasteiger charge is 2.37. The number of aliphatic imine (C=N–C) groups is 1. The first-order valence-electron chi connectivity index (χ1n) is 6.95. The van der Waals surface area contributed by atoms with Crippen LogP contribution in [0, 0.1) is 6.92 Å². The van der Waals surface area contributed by atoms with Gasteiger partial charge in [-0.25, -0.2) is 9.48 Å². The molecule has 1 aliphatic carbocycles. The van der Waals surface area contributed by atoms with E-state index in [4.69, 9.17) is 0 Å². The fourth-order valence-electron chi connectivity index (χ4n) is 3.10. The molecule has 0 radical (unpaired) electrons. The van der Waals surface area contributed by atoms with Crippen molar-refractivity contribution in [3.05, 3.63) is 47.8 Å². The smallest absolute Gasteiger partial charge is 0.235 e. The molecule has 0 amide bonds. The molecule has 1 heterocycles. The van der Waals surface area contributed by atoms with Gasteiger partial charge in [0.1, 0.15) is 5.54 Å². The van der Waals surface area contributed by atoms with Gasteiger partial charge in [-0.1, -0.05) is 31.0 Å². The van der Waals surface area contributed by atoms with Gasteiger partial charge in [-0.3, -0.25) is 0 Å². The van der Waals surface area contributed by atoms with Crippen LogP contribution in [0.2, 0.25) is 0 Å². The molecule has 102 valence electrons. The van der Waals surface area contributed by atoms with Crippen molar-refractivity contribution < 1.29 is 4.79 Å². The lowest BCUT2D eigenvalue weighted by Crippen LogP contribution is -2.21. The topological polar surface area (TPSA) is 47.2 Å². The maximum atomic E-state index is 10.9. The summed E-state index contributed by atoms with van der Waals surface area (Å²) in [5.41, 5.74) is 2.77. The number of hydrogen-bond donors (Lipinski definition) is 0. The number of para-hydroxylation sites is 1. The normalized spacial score (nSPS) is 16.9. The molecule has 0 saturated heterocycles. The molecular weight excluding hydrogens is 250 g/mol. The Bertz CT molecular complexity index is 662. The number of rotatable bonds is 3. The summed E-state index contributed by atoms with van der Waals surface area (Å²) in [5.74, 6) is 0. The third-order valence-electron chi connectivity index (χ3n) is 4.05. The van der Waals surface area contributed by atoms with Gasteiger partial charge in [-0.15, -0.1) is 0 Å². The van der Waals surface area contributed by atoms with Gasteiger partial charge in [-0.05, 0) is 31.4 Å². The van der Waals surface area contributed by atoms with Crippen LogP contribution in [0.5, 0.6) is 0 Å². The second kappa shape index (κ2) is 5.06. The Balaban J connectivity index is 2.16. The van der Waals surface area contributed by atoms with Crippen molar-refractivity contribution in [3.63, 3.8) is 0 Å². The van der Waals surface area contributed by atoms with Gasteiger partial charge in [-0.2, -0.15) is 10.1 Å². The van der Waals surface area contributed by atoms with Crippen molar-refractivity contribution in [3.8, 4) is 5.69 Å². The highest BCUT2D eigenvalue weighted by molar-refractivity contribution is 5.48. The maximum absolute atomic E-state index is 10.9. The summed E-state index contributed by atoms with van der Waals surface area (Å²) in [5, 5.41) is 4.39. The van der Waals surface area contributed by atoms with E-state index in [9.17, 15) is 4.79 Å². The van der Waals surface area contributed by atoms with Crippen molar-refractivity contribution in [2.45, 2.75) is 38.1 Å². The van der Waals surface area contributed by atoms with Crippen LogP contribution >= 0.6 is 0 Å². The zero-order chi connectivity index (χ0) is 14.0. The van der Waals surface area contributed by atoms with E-state index in [2.05, 4.69) is 16.2 Å². The van der Waals surface area contributed by atoms with Gasteiger partial charge in [0.05, 0.1) is 11.9 Å². The van der Waals surface area contributed by atoms with E-state index in [-0.39, 0.29) is 0 Å². The molecule has 1 aromatic carbocycles. The molecule has 0 bridgehead atoms. The minimum absolute atomic E-state index is 0.418. The maximum Gasteiger partial charge on any atom is 0.235 e. The Morgan fingerprint density at radius 2 is 2.05 bits per heavy atom. The Labute approximate surface area is 118 Å². The van der Waals surface area contributed by atoms with Crippen LogP contribution in [0.4, 0.5) is 0 Å². The van der Waals surface area contributed by atoms with Crippen LogP contribution in [-0.2, 0) is 10.3 Å². The summed E-state index contributed by atoms with van der Waals surface area (Å²) in [6.45, 7) is 2.01. The summed E-state index contributed by atoms with van der Waals surface area (Å²) in [4.78, 5) is 15.0. The van der Waals surface area contributed by atoms with E-state index in [0.29, 0.717) is 0 Å². The van der Waals surface area contributed by atoms with E-state index >= 15 is 0 Å². The third-order valence-corrected chi connectivity index (χ3v) is 4.05. The molecule has 0 atom stereocenters. The van der Waals surface area contributed by atoms with Crippen LogP contribution < -0.4 is 0 Å². The van der Waals surface area contributed by atoms with E-state index < -0.39 is 5.54 Å². The molecular formula is C16H17N3O. The van der Waals surface area contributed by atoms with Gasteiger partial charge in [0, 0.05) is 11.8 Å². The van der Waals surface area contributed by atoms with Crippen LogP contribution in [0.3, 0.4) is 0 Å². The number of benzene rings is 1. The highest BCUT2D eigenvalue weighted by atomic mass is 16.1. The van der Waals surface area contributed by atoms with E-state index in [1.165, 1.54) is 0 Å². The first-order chi connectivity index (χ1) is 9.75. The van der Waals surface area contributed by atoms with E-state index in [0.717, 1.165) is 42.5 Å². The number of aromatic nitrogens is 2. The molecule has 0 spiro atoms. The van der Waals surface area contributed by atoms with E-state index in [1.807, 2.05) is 42.2 Å². The van der Waals surface area contributed by atoms with Crippen molar-refractivity contribution in [2.75, 3.05) is 0 Å². The second-order valence-corrected chi connectivity index (χ2v) is 5.42. The molecule has 1 aromatic heterocycles. The van der Waals surface area contributed by atoms with Crippen LogP contribution in [0.15, 0.2) is 41.7 Å². The fraction of sp³-hybridized carbons (Fsp3) is 0.375. The van der Waals surface area contributed by atoms with Crippen LogP contribution in [-0.4, -0.2) is 15.9 Å². The minimum atomic E-state index is -0.418. The molecule has 4 nitrogen and oxygen atoms in total. The predicted molar refractivity (Wildman–Crippen MR) is 76.6 cm³/mol. The Morgan fingerprint density at radius 3 is 2.70 bits per heavy atom. The lowest BCUT2D eigenvalue weighted by atomic mass is 9.87. The lowest BCUT2D eigenvalue weighted by molar-refractivity contribution is 0.453. The van der Waals surface area contributed by atoms with Crippen LogP contribution in [0.25, 0.3) is 5.69 Å². The van der Waals surface area contributed by atoms with Gasteiger partial charge < -0.3 is 0 Å². The standard InChI is InChI=1S/C16H17N3O/c1-13-10-18-19(11-13)15-7-3-2-6-14(15)16(17-12-20)8-4-5-9-16/h2-3,6-7,10-11H,4-5,8-9H2,1H3. The zero-order valence-corrected chi connectivity index (χ0v) is 11.5. The summed E-state index contributed by atoms with van der Waals surface area (Å²) in [6.07, 6.45) is 9.60. The molecule has 0 unspecified atom stereocenters. The minimum Gasteiger partial charge on any atom is -0.240 e. The first kappa shape index (κ1) is 12.8. The summed E-state index contributed by atoms with van der Waals surface area (Å²) < 4.78 is 1.87. The van der Waals surface area contributed by atoms with Crippen molar-refractivity contribution in [1.82, 2.24) is 9.78 Å². The number of carbonyl (C=O) groups excluding carboxylic acids is 1. The Hall–Kier alpha value is -2.19. The van der Waals surface area contributed by atoms with Gasteiger partial charge >= 0.3 is 0 Å². The number of nitrogens with zero attached hydrogens (tertiary/aromatic N) is 3. The Kier molecular flexibility index (Phi) is 3.25. The molecule has 20 heavy (non-hydrogen) atoms. The molecule has 1 fully saturated rings. The van der Waals surface area contributed by atoms with Gasteiger partial charge in [0.25, 0.3) is 0 Å². The number of isocyanates is 1. The molecule has 3 rings (SSSR count). The Morgan fingerprint density at radius 1 is 1.30 bits per heavy atom. The van der Waals surface area contributed by atoms with Crippen LogP contribution in [0.1, 0.15) is 36.8 Å². The SMILES string of the molecule is Cc1cnn(-c2ccccc2C2(N=C=O)CCCC2)c1. The lowest BCUT2D eigenvalue weighted by Gasteiger charge is -2.25. The van der Waals surface area contributed by atoms with E-state index in [1.54, 1.807) is 6.08 Å². The largest absolute Gasteiger partial charge is 0.240 e. The summed E-state index contributed by atoms with van der Waals surface area (Å²) in [6, 6.07) is 8.07. The van der Waals surface area contributed by atoms with Gasteiger partial charge in [0.2, 0.25) is 6.08 Å². The fourth-order valence-corrected chi connectivity index (χ4v) is 3.10. The summed E-state index contributed by atoms with van der Waals surface area (Å²) >= 11 is 0. The van der Waals surface area contributed by atoms with Crippen molar-refractivity contribution in [2.24, 2.45) is 4.99 Å². The molecule has 1 saturated carbocycles. The molecule has 1 aliphatic rings. The third kappa shape index (κ3) is 2.08. The molecule has 4 heteroatoms. The predicted octanol–water partition coefficient (Wildman–Crippen LogP) is 3.29. The van der Waals surface area contributed by atoms with Crippen molar-refractivity contribution in [1.29, 1.82) is 0 Å². The summed E-state index contributed by atoms with van der Waals surface area (Å²) in [7, 11) is 0. The number of aryl methyl sites for hydroxylation is 1. The second-order valence-electron chi connectivity index (χ2n) is 5.42. The monoisotopic (exact) mass is 267 g/mol. The number of hydrogen-bond acceptors (Lipinski definition) is 3. The first-order valence-corrected chi connectivity index (χ1v) is 6.95. The molecule has 0 aliphatic heterocycles. The average Bonchev–Trinajstić information content (AvgIpc) is 3.09.